The minimum Gasteiger partial charge on any atom is -0.342 e. The van der Waals surface area contributed by atoms with Crippen molar-refractivity contribution in [1.82, 2.24) is 30.0 Å². The van der Waals surface area contributed by atoms with Gasteiger partial charge in [0, 0.05) is 11.1 Å². The van der Waals surface area contributed by atoms with Gasteiger partial charge in [-0.25, -0.2) is 28.4 Å². The molecule has 4 aromatic rings. The van der Waals surface area contributed by atoms with Crippen LogP contribution in [0.15, 0.2) is 36.5 Å². The molecule has 9 nitrogen and oxygen atoms in total. The highest BCUT2D eigenvalue weighted by Gasteiger charge is 2.44. The summed E-state index contributed by atoms with van der Waals surface area (Å²) in [7, 11) is 0. The van der Waals surface area contributed by atoms with E-state index in [2.05, 4.69) is 25.4 Å². The van der Waals surface area contributed by atoms with Crippen LogP contribution in [0.5, 0.6) is 0 Å². The van der Waals surface area contributed by atoms with Gasteiger partial charge in [0.15, 0.2) is 11.5 Å². The number of alkyl halides is 3. The van der Waals surface area contributed by atoms with E-state index in [9.17, 15) is 31.5 Å². The number of benzene rings is 1. The zero-order valence-corrected chi connectivity index (χ0v) is 19.8. The lowest BCUT2D eigenvalue weighted by Gasteiger charge is -2.18. The molecule has 5 rings (SSSR count). The molecule has 1 aliphatic heterocycles. The molecule has 1 aliphatic rings. The zero-order chi connectivity index (χ0) is 27.4. The van der Waals surface area contributed by atoms with Crippen LogP contribution in [-0.4, -0.2) is 49.3 Å². The molecule has 4 heterocycles. The second-order valence-electron chi connectivity index (χ2n) is 9.12. The van der Waals surface area contributed by atoms with Gasteiger partial charge in [-0.15, -0.1) is 0 Å². The van der Waals surface area contributed by atoms with Crippen molar-refractivity contribution in [2.45, 2.75) is 32.0 Å². The number of anilines is 1. The number of hydrogen-bond acceptors (Lipinski definition) is 6. The topological polar surface area (TPSA) is 115 Å². The number of nitrogens with one attached hydrogen (secondary N) is 2. The van der Waals surface area contributed by atoms with Crippen LogP contribution in [0.1, 0.15) is 35.5 Å². The number of hydrogen-bond donors (Lipinski definition) is 2. The second kappa shape index (κ2) is 8.82. The first kappa shape index (κ1) is 25.2. The summed E-state index contributed by atoms with van der Waals surface area (Å²) in [6.07, 6.45) is -3.75. The number of pyridine rings is 1. The molecule has 0 bridgehead atoms. The Morgan fingerprint density at radius 3 is 2.61 bits per heavy atom. The van der Waals surface area contributed by atoms with Gasteiger partial charge in [0.2, 0.25) is 5.91 Å². The molecule has 0 unspecified atom stereocenters. The molecule has 0 radical (unpaired) electrons. The van der Waals surface area contributed by atoms with Crippen molar-refractivity contribution < 1.29 is 31.5 Å². The van der Waals surface area contributed by atoms with Crippen LogP contribution in [-0.2, 0) is 16.8 Å². The van der Waals surface area contributed by atoms with E-state index in [1.54, 1.807) is 11.4 Å². The van der Waals surface area contributed by atoms with Gasteiger partial charge in [0.05, 0.1) is 23.5 Å². The van der Waals surface area contributed by atoms with Crippen LogP contribution in [0.4, 0.5) is 27.8 Å². The standard InChI is InChI=1S/C24H18F5N7O2/c1-23(2)15-17(21(37)31-10-24(27,28)29)32-19(33-18(15)34-22(23)38)16-13-7-12(25)8-30-20(13)36(35-16)9-11-5-3-4-6-14(11)26/h3-8H,9-10H2,1-2H3,(H,31,37)(H,32,33,34,38). The Kier molecular flexibility index (Phi) is 5.84. The zero-order valence-electron chi connectivity index (χ0n) is 19.8. The number of halogens is 5. The molecule has 2 N–H and O–H groups in total. The van der Waals surface area contributed by atoms with Gasteiger partial charge in [0.25, 0.3) is 5.91 Å². The van der Waals surface area contributed by atoms with E-state index in [0.717, 1.165) is 12.3 Å². The summed E-state index contributed by atoms with van der Waals surface area (Å²) >= 11 is 0. The third-order valence-corrected chi connectivity index (χ3v) is 6.04. The van der Waals surface area contributed by atoms with Gasteiger partial charge in [-0.1, -0.05) is 18.2 Å². The molecule has 0 saturated carbocycles. The molecule has 1 aromatic carbocycles. The summed E-state index contributed by atoms with van der Waals surface area (Å²) < 4.78 is 68.2. The molecule has 2 amide bonds. The molecule has 196 valence electrons. The maximum absolute atomic E-state index is 14.3. The van der Waals surface area contributed by atoms with Crippen LogP contribution in [0.25, 0.3) is 22.6 Å². The maximum atomic E-state index is 14.3. The van der Waals surface area contributed by atoms with Gasteiger partial charge >= 0.3 is 6.18 Å². The second-order valence-corrected chi connectivity index (χ2v) is 9.12. The first-order valence-electron chi connectivity index (χ1n) is 11.2. The summed E-state index contributed by atoms with van der Waals surface area (Å²) in [6, 6.07) is 7.01. The molecule has 0 fully saturated rings. The summed E-state index contributed by atoms with van der Waals surface area (Å²) in [5.74, 6) is -3.35. The van der Waals surface area contributed by atoms with E-state index in [-0.39, 0.29) is 46.0 Å². The minimum absolute atomic E-state index is 0.00493. The minimum atomic E-state index is -4.69. The number of rotatable bonds is 5. The third-order valence-electron chi connectivity index (χ3n) is 6.04. The molecule has 3 aromatic heterocycles. The molecular formula is C24H18F5N7O2. The average Bonchev–Trinajstić information content (AvgIpc) is 3.31. The highest BCUT2D eigenvalue weighted by atomic mass is 19.4. The van der Waals surface area contributed by atoms with Crippen molar-refractivity contribution >= 4 is 28.7 Å². The number of amides is 2. The summed E-state index contributed by atoms with van der Waals surface area (Å²) in [5, 5.41) is 8.75. The Hall–Kier alpha value is -4.49. The lowest BCUT2D eigenvalue weighted by atomic mass is 9.85. The number of nitrogens with zero attached hydrogens (tertiary/aromatic N) is 5. The summed E-state index contributed by atoms with van der Waals surface area (Å²) in [6.45, 7) is 1.21. The lowest BCUT2D eigenvalue weighted by molar-refractivity contribution is -0.123. The van der Waals surface area contributed by atoms with Crippen molar-refractivity contribution in [3.8, 4) is 11.5 Å². The molecule has 0 atom stereocenters. The quantitative estimate of drug-likeness (QED) is 0.380. The van der Waals surface area contributed by atoms with Gasteiger partial charge in [0.1, 0.15) is 35.4 Å². The van der Waals surface area contributed by atoms with Crippen molar-refractivity contribution in [3.05, 3.63) is 65.0 Å². The van der Waals surface area contributed by atoms with Crippen LogP contribution < -0.4 is 10.6 Å². The van der Waals surface area contributed by atoms with Crippen LogP contribution in [0, 0.1) is 11.6 Å². The van der Waals surface area contributed by atoms with Crippen LogP contribution in [0.2, 0.25) is 0 Å². The van der Waals surface area contributed by atoms with Crippen molar-refractivity contribution in [2.75, 3.05) is 11.9 Å². The van der Waals surface area contributed by atoms with E-state index in [0.29, 0.717) is 0 Å². The van der Waals surface area contributed by atoms with Crippen molar-refractivity contribution in [2.24, 2.45) is 0 Å². The first-order chi connectivity index (χ1) is 17.8. The molecule has 38 heavy (non-hydrogen) atoms. The van der Waals surface area contributed by atoms with Gasteiger partial charge < -0.3 is 10.6 Å². The predicted octanol–water partition coefficient (Wildman–Crippen LogP) is 3.74. The fraction of sp³-hybridized carbons (Fsp3) is 0.250. The molecule has 0 spiro atoms. The van der Waals surface area contributed by atoms with E-state index < -0.39 is 47.3 Å². The Bertz CT molecular complexity index is 1610. The molecule has 0 aliphatic carbocycles. The Balaban J connectivity index is 1.68. The van der Waals surface area contributed by atoms with E-state index in [1.807, 2.05) is 0 Å². The average molecular weight is 531 g/mol. The highest BCUT2D eigenvalue weighted by molar-refractivity contribution is 6.09. The number of aromatic nitrogens is 5. The van der Waals surface area contributed by atoms with Crippen molar-refractivity contribution in [3.63, 3.8) is 0 Å². The highest BCUT2D eigenvalue weighted by Crippen LogP contribution is 2.39. The van der Waals surface area contributed by atoms with Crippen LogP contribution >= 0.6 is 0 Å². The van der Waals surface area contributed by atoms with Crippen molar-refractivity contribution in [1.29, 1.82) is 0 Å². The summed E-state index contributed by atoms with van der Waals surface area (Å²) in [4.78, 5) is 38.0. The Labute approximate surface area is 211 Å². The first-order valence-corrected chi connectivity index (χ1v) is 11.2. The third kappa shape index (κ3) is 4.41. The SMILES string of the molecule is CC1(C)C(=O)Nc2nc(-c3nn(Cc4ccccc4F)c4ncc(F)cc34)nc(C(=O)NCC(F)(F)F)c21. The number of carbonyl (C=O) groups is 2. The van der Waals surface area contributed by atoms with Crippen LogP contribution in [0.3, 0.4) is 0 Å². The lowest BCUT2D eigenvalue weighted by Crippen LogP contribution is -2.36. The van der Waals surface area contributed by atoms with Gasteiger partial charge in [-0.05, 0) is 26.0 Å². The smallest absolute Gasteiger partial charge is 0.342 e. The van der Waals surface area contributed by atoms with E-state index in [1.165, 1.54) is 36.7 Å². The van der Waals surface area contributed by atoms with E-state index >= 15 is 0 Å². The Morgan fingerprint density at radius 1 is 1.16 bits per heavy atom. The molecule has 14 heteroatoms. The van der Waals surface area contributed by atoms with Gasteiger partial charge in [-0.2, -0.15) is 18.3 Å². The normalized spacial score (nSPS) is 14.4. The summed E-state index contributed by atoms with van der Waals surface area (Å²) in [5.41, 5.74) is -1.48. The predicted molar refractivity (Wildman–Crippen MR) is 124 cm³/mol. The van der Waals surface area contributed by atoms with E-state index in [4.69, 9.17) is 0 Å². The fourth-order valence-corrected chi connectivity index (χ4v) is 4.15. The number of fused-ring (bicyclic) bond motifs is 2. The fourth-order valence-electron chi connectivity index (χ4n) is 4.15. The Morgan fingerprint density at radius 2 is 1.89 bits per heavy atom. The number of carbonyl (C=O) groups excluding carboxylic acids is 2. The maximum Gasteiger partial charge on any atom is 0.405 e. The molecule has 0 saturated heterocycles. The monoisotopic (exact) mass is 531 g/mol. The molecular weight excluding hydrogens is 513 g/mol. The van der Waals surface area contributed by atoms with Gasteiger partial charge in [-0.3, -0.25) is 9.59 Å². The largest absolute Gasteiger partial charge is 0.405 e.